The number of methoxy groups -OCH3 is 1. The molecule has 6 nitrogen and oxygen atoms in total. The summed E-state index contributed by atoms with van der Waals surface area (Å²) in [7, 11) is 1.63. The van der Waals surface area contributed by atoms with Gasteiger partial charge in [0.2, 0.25) is 11.8 Å². The van der Waals surface area contributed by atoms with E-state index >= 15 is 0 Å². The van der Waals surface area contributed by atoms with Gasteiger partial charge in [-0.05, 0) is 43.3 Å². The minimum atomic E-state index is 0.0522. The second-order valence-corrected chi connectivity index (χ2v) is 7.27. The van der Waals surface area contributed by atoms with Crippen molar-refractivity contribution >= 4 is 17.5 Å². The molecule has 3 rings (SSSR count). The second kappa shape index (κ2) is 10.3. The molecular formula is C23H26ClN3O3. The Labute approximate surface area is 182 Å². The van der Waals surface area contributed by atoms with Gasteiger partial charge in [0, 0.05) is 25.1 Å². The highest BCUT2D eigenvalue weighted by atomic mass is 35.5. The number of hydrogen-bond donors (Lipinski definition) is 0. The summed E-state index contributed by atoms with van der Waals surface area (Å²) in [4.78, 5) is 14.3. The maximum absolute atomic E-state index is 12.5. The number of rotatable bonds is 9. The molecule has 0 aliphatic carbocycles. The van der Waals surface area contributed by atoms with Crippen molar-refractivity contribution in [1.82, 2.24) is 14.7 Å². The number of ether oxygens (including phenoxy) is 2. The Morgan fingerprint density at radius 2 is 1.83 bits per heavy atom. The molecule has 0 spiro atoms. The highest BCUT2D eigenvalue weighted by Gasteiger charge is 2.23. The molecule has 0 bridgehead atoms. The van der Waals surface area contributed by atoms with Crippen LogP contribution < -0.4 is 4.74 Å². The van der Waals surface area contributed by atoms with E-state index in [-0.39, 0.29) is 5.91 Å². The first kappa shape index (κ1) is 21.9. The first-order chi connectivity index (χ1) is 14.5. The molecule has 0 fully saturated rings. The molecule has 0 aliphatic rings. The van der Waals surface area contributed by atoms with E-state index in [1.54, 1.807) is 28.8 Å². The monoisotopic (exact) mass is 427 g/mol. The molecule has 7 heteroatoms. The first-order valence-electron chi connectivity index (χ1n) is 9.87. The molecule has 2 aromatic carbocycles. The molecule has 1 aromatic heterocycles. The standard InChI is InChI=1S/C23H26ClN3O3/c1-4-22(28)26(14-15-29-3)16-21-17(2)25-27(19-8-6-5-7-9-19)23(21)30-20-12-10-18(24)11-13-20/h5-13H,4,14-16H2,1-3H3. The normalized spacial score (nSPS) is 10.8. The van der Waals surface area contributed by atoms with E-state index in [1.165, 1.54) is 0 Å². The third kappa shape index (κ3) is 5.20. The van der Waals surface area contributed by atoms with E-state index in [0.29, 0.717) is 42.8 Å². The Bertz CT molecular complexity index is 971. The van der Waals surface area contributed by atoms with Crippen molar-refractivity contribution < 1.29 is 14.3 Å². The zero-order valence-corrected chi connectivity index (χ0v) is 18.2. The summed E-state index contributed by atoms with van der Waals surface area (Å²) in [5.41, 5.74) is 2.53. The molecule has 3 aromatic rings. The van der Waals surface area contributed by atoms with Crippen molar-refractivity contribution in [3.63, 3.8) is 0 Å². The van der Waals surface area contributed by atoms with Crippen LogP contribution in [-0.2, 0) is 16.1 Å². The van der Waals surface area contributed by atoms with E-state index in [1.807, 2.05) is 56.3 Å². The fourth-order valence-electron chi connectivity index (χ4n) is 3.09. The number of nitrogens with zero attached hydrogens (tertiary/aromatic N) is 3. The van der Waals surface area contributed by atoms with Crippen LogP contribution in [0.4, 0.5) is 0 Å². The summed E-state index contributed by atoms with van der Waals surface area (Å²) in [6.07, 6.45) is 0.420. The van der Waals surface area contributed by atoms with Crippen LogP contribution in [0.5, 0.6) is 11.6 Å². The van der Waals surface area contributed by atoms with Gasteiger partial charge in [0.15, 0.2) is 0 Å². The fourth-order valence-corrected chi connectivity index (χ4v) is 3.22. The Kier molecular flexibility index (Phi) is 7.49. The van der Waals surface area contributed by atoms with E-state index in [4.69, 9.17) is 26.2 Å². The largest absolute Gasteiger partial charge is 0.439 e. The summed E-state index contributed by atoms with van der Waals surface area (Å²) in [6, 6.07) is 16.9. The number of halogens is 1. The molecule has 0 unspecified atom stereocenters. The van der Waals surface area contributed by atoms with E-state index in [2.05, 4.69) is 0 Å². The smallest absolute Gasteiger partial charge is 0.227 e. The van der Waals surface area contributed by atoms with Gasteiger partial charge in [0.1, 0.15) is 5.75 Å². The number of amides is 1. The lowest BCUT2D eigenvalue weighted by Gasteiger charge is -2.22. The minimum absolute atomic E-state index is 0.0522. The van der Waals surface area contributed by atoms with Crippen molar-refractivity contribution in [1.29, 1.82) is 0 Å². The van der Waals surface area contributed by atoms with Gasteiger partial charge in [-0.25, -0.2) is 4.68 Å². The summed E-state index contributed by atoms with van der Waals surface area (Å²) < 4.78 is 13.2. The number of aromatic nitrogens is 2. The number of para-hydroxylation sites is 1. The lowest BCUT2D eigenvalue weighted by Crippen LogP contribution is -2.33. The Hall–Kier alpha value is -2.83. The second-order valence-electron chi connectivity index (χ2n) is 6.83. The van der Waals surface area contributed by atoms with Crippen LogP contribution in [0.25, 0.3) is 5.69 Å². The topological polar surface area (TPSA) is 56.6 Å². The zero-order valence-electron chi connectivity index (χ0n) is 17.5. The minimum Gasteiger partial charge on any atom is -0.439 e. The predicted molar refractivity (Wildman–Crippen MR) is 117 cm³/mol. The van der Waals surface area contributed by atoms with Gasteiger partial charge >= 0.3 is 0 Å². The van der Waals surface area contributed by atoms with Gasteiger partial charge in [0.25, 0.3) is 0 Å². The third-order valence-corrected chi connectivity index (χ3v) is 4.99. The number of hydrogen-bond acceptors (Lipinski definition) is 4. The Balaban J connectivity index is 2.03. The number of aryl methyl sites for hydroxylation is 1. The van der Waals surface area contributed by atoms with Crippen LogP contribution in [0, 0.1) is 6.92 Å². The fraction of sp³-hybridized carbons (Fsp3) is 0.304. The van der Waals surface area contributed by atoms with Crippen LogP contribution >= 0.6 is 11.6 Å². The first-order valence-corrected chi connectivity index (χ1v) is 10.2. The van der Waals surface area contributed by atoms with Crippen molar-refractivity contribution in [2.24, 2.45) is 0 Å². The van der Waals surface area contributed by atoms with Gasteiger partial charge in [-0.15, -0.1) is 0 Å². The van der Waals surface area contributed by atoms with Gasteiger partial charge in [-0.2, -0.15) is 5.10 Å². The molecule has 0 N–H and O–H groups in total. The Morgan fingerprint density at radius 3 is 2.47 bits per heavy atom. The van der Waals surface area contributed by atoms with E-state index in [9.17, 15) is 4.79 Å². The molecule has 158 valence electrons. The van der Waals surface area contributed by atoms with Crippen molar-refractivity contribution in [2.45, 2.75) is 26.8 Å². The molecule has 1 amide bonds. The van der Waals surface area contributed by atoms with Crippen molar-refractivity contribution in [3.05, 3.63) is 70.9 Å². The van der Waals surface area contributed by atoms with Gasteiger partial charge < -0.3 is 14.4 Å². The van der Waals surface area contributed by atoms with Crippen molar-refractivity contribution in [3.8, 4) is 17.3 Å². The van der Waals surface area contributed by atoms with Gasteiger partial charge in [-0.1, -0.05) is 36.7 Å². The molecule has 0 saturated heterocycles. The van der Waals surface area contributed by atoms with Crippen LogP contribution in [-0.4, -0.2) is 40.8 Å². The van der Waals surface area contributed by atoms with Gasteiger partial charge in [0.05, 0.1) is 30.1 Å². The lowest BCUT2D eigenvalue weighted by molar-refractivity contribution is -0.132. The van der Waals surface area contributed by atoms with Crippen LogP contribution in [0.3, 0.4) is 0 Å². The average molecular weight is 428 g/mol. The summed E-state index contributed by atoms with van der Waals surface area (Å²) in [6.45, 7) is 5.13. The quantitative estimate of drug-likeness (QED) is 0.481. The summed E-state index contributed by atoms with van der Waals surface area (Å²) >= 11 is 6.02. The van der Waals surface area contributed by atoms with E-state index in [0.717, 1.165) is 16.9 Å². The average Bonchev–Trinajstić information content (AvgIpc) is 3.07. The van der Waals surface area contributed by atoms with Crippen LogP contribution in [0.15, 0.2) is 54.6 Å². The molecule has 0 aliphatic heterocycles. The summed E-state index contributed by atoms with van der Waals surface area (Å²) in [5.74, 6) is 1.27. The molecule has 0 radical (unpaired) electrons. The highest BCUT2D eigenvalue weighted by Crippen LogP contribution is 2.32. The molecular weight excluding hydrogens is 402 g/mol. The predicted octanol–water partition coefficient (Wildman–Crippen LogP) is 5.01. The zero-order chi connectivity index (χ0) is 21.5. The highest BCUT2D eigenvalue weighted by molar-refractivity contribution is 6.30. The number of carbonyl (C=O) groups excluding carboxylic acids is 1. The maximum atomic E-state index is 12.5. The molecule has 0 saturated carbocycles. The summed E-state index contributed by atoms with van der Waals surface area (Å²) in [5, 5.41) is 5.34. The van der Waals surface area contributed by atoms with E-state index < -0.39 is 0 Å². The molecule has 30 heavy (non-hydrogen) atoms. The SMILES string of the molecule is CCC(=O)N(CCOC)Cc1c(C)nn(-c2ccccc2)c1Oc1ccc(Cl)cc1. The van der Waals surface area contributed by atoms with Crippen LogP contribution in [0.2, 0.25) is 5.02 Å². The van der Waals surface area contributed by atoms with Crippen molar-refractivity contribution in [2.75, 3.05) is 20.3 Å². The molecule has 0 atom stereocenters. The van der Waals surface area contributed by atoms with Crippen LogP contribution in [0.1, 0.15) is 24.6 Å². The number of benzene rings is 2. The maximum Gasteiger partial charge on any atom is 0.227 e. The lowest BCUT2D eigenvalue weighted by atomic mass is 10.2. The Morgan fingerprint density at radius 1 is 1.13 bits per heavy atom. The van der Waals surface area contributed by atoms with Gasteiger partial charge in [-0.3, -0.25) is 4.79 Å². The molecule has 1 heterocycles. The number of carbonyl (C=O) groups is 1. The third-order valence-electron chi connectivity index (χ3n) is 4.74.